The van der Waals surface area contributed by atoms with Crippen molar-refractivity contribution in [2.75, 3.05) is 6.54 Å². The van der Waals surface area contributed by atoms with E-state index in [-0.39, 0.29) is 55.5 Å². The van der Waals surface area contributed by atoms with Gasteiger partial charge in [-0.25, -0.2) is 18.2 Å². The molecule has 0 unspecified atom stereocenters. The zero-order valence-corrected chi connectivity index (χ0v) is 17.8. The zero-order valence-electron chi connectivity index (χ0n) is 17.8. The fraction of sp³-hybridized carbons (Fsp3) is 0.476. The number of nitrogens with zero attached hydrogens (tertiary/aromatic N) is 3. The Kier molecular flexibility index (Phi) is 6.32. The normalized spacial score (nSPS) is 16.9. The molecule has 1 aliphatic heterocycles. The fourth-order valence-corrected chi connectivity index (χ4v) is 3.89. The third kappa shape index (κ3) is 5.03. The standard InChI is InChI=1S/C21H21F6N5O2/c22-13-8-15(24)14(23)6-10(13)5-11(28)7-17(33)31-3-4-32-16(9-31)18(19(34)29-12-1-2-12)30-20(32)21(25,26)27/h6,8,11-12H,1-5,7,9,28H2,(H,29,34)/t11-/m1/s1. The Bertz CT molecular complexity index is 1130. The molecule has 0 saturated heterocycles. The van der Waals surface area contributed by atoms with Crippen molar-refractivity contribution in [3.63, 3.8) is 0 Å². The molecule has 0 radical (unpaired) electrons. The Hall–Kier alpha value is -3.09. The van der Waals surface area contributed by atoms with Gasteiger partial charge in [0.1, 0.15) is 5.82 Å². The largest absolute Gasteiger partial charge is 0.449 e. The highest BCUT2D eigenvalue weighted by Crippen LogP contribution is 2.33. The van der Waals surface area contributed by atoms with Crippen molar-refractivity contribution in [1.82, 2.24) is 19.8 Å². The third-order valence-electron chi connectivity index (χ3n) is 5.75. The number of nitrogens with one attached hydrogen (secondary N) is 1. The highest BCUT2D eigenvalue weighted by molar-refractivity contribution is 5.94. The van der Waals surface area contributed by atoms with Crippen molar-refractivity contribution >= 4 is 11.8 Å². The van der Waals surface area contributed by atoms with Crippen LogP contribution in [-0.4, -0.2) is 44.9 Å². The molecule has 34 heavy (non-hydrogen) atoms. The van der Waals surface area contributed by atoms with Crippen molar-refractivity contribution in [1.29, 1.82) is 0 Å². The maximum Gasteiger partial charge on any atom is 0.449 e. The summed E-state index contributed by atoms with van der Waals surface area (Å²) >= 11 is 0. The van der Waals surface area contributed by atoms with Crippen LogP contribution in [0.2, 0.25) is 0 Å². The summed E-state index contributed by atoms with van der Waals surface area (Å²) in [5.41, 5.74) is 5.28. The lowest BCUT2D eigenvalue weighted by atomic mass is 10.0. The first-order valence-electron chi connectivity index (χ1n) is 10.6. The van der Waals surface area contributed by atoms with Crippen LogP contribution in [0.15, 0.2) is 12.1 Å². The average Bonchev–Trinajstić information content (AvgIpc) is 3.46. The summed E-state index contributed by atoms with van der Waals surface area (Å²) in [4.78, 5) is 30.0. The number of halogens is 6. The predicted octanol–water partition coefficient (Wildman–Crippen LogP) is 2.51. The van der Waals surface area contributed by atoms with E-state index in [4.69, 9.17) is 5.73 Å². The van der Waals surface area contributed by atoms with Crippen molar-refractivity contribution in [3.8, 4) is 0 Å². The number of hydrogen-bond acceptors (Lipinski definition) is 4. The van der Waals surface area contributed by atoms with Crippen LogP contribution < -0.4 is 11.1 Å². The highest BCUT2D eigenvalue weighted by atomic mass is 19.4. The number of alkyl halides is 3. The molecule has 1 fully saturated rings. The molecule has 3 N–H and O–H groups in total. The first kappa shape index (κ1) is 24.0. The molecule has 2 amide bonds. The minimum absolute atomic E-state index is 0.0368. The smallest absolute Gasteiger partial charge is 0.348 e. The minimum Gasteiger partial charge on any atom is -0.348 e. The molecule has 1 aromatic heterocycles. The number of nitrogens with two attached hydrogens (primary N) is 1. The molecule has 184 valence electrons. The van der Waals surface area contributed by atoms with Crippen LogP contribution in [0.25, 0.3) is 0 Å². The average molecular weight is 489 g/mol. The van der Waals surface area contributed by atoms with Gasteiger partial charge in [0.15, 0.2) is 17.3 Å². The fourth-order valence-electron chi connectivity index (χ4n) is 3.89. The van der Waals surface area contributed by atoms with Gasteiger partial charge in [0.2, 0.25) is 11.7 Å². The van der Waals surface area contributed by atoms with Crippen molar-refractivity contribution in [2.45, 2.75) is 57.0 Å². The maximum atomic E-state index is 13.9. The lowest BCUT2D eigenvalue weighted by Gasteiger charge is -2.30. The number of aromatic nitrogens is 2. The molecule has 4 rings (SSSR count). The molecule has 2 heterocycles. The van der Waals surface area contributed by atoms with Gasteiger partial charge in [0, 0.05) is 37.7 Å². The van der Waals surface area contributed by atoms with E-state index in [0.717, 1.165) is 17.4 Å². The number of benzene rings is 1. The second-order valence-corrected chi connectivity index (χ2v) is 8.47. The van der Waals surface area contributed by atoms with Crippen LogP contribution in [0, 0.1) is 17.5 Å². The number of fused-ring (bicyclic) bond motifs is 1. The van der Waals surface area contributed by atoms with E-state index in [1.807, 2.05) is 0 Å². The van der Waals surface area contributed by atoms with E-state index < -0.39 is 47.3 Å². The minimum atomic E-state index is -4.78. The summed E-state index contributed by atoms with van der Waals surface area (Å²) in [6.07, 6.45) is -3.89. The summed E-state index contributed by atoms with van der Waals surface area (Å²) < 4.78 is 81.6. The van der Waals surface area contributed by atoms with Crippen LogP contribution >= 0.6 is 0 Å². The quantitative estimate of drug-likeness (QED) is 0.482. The van der Waals surface area contributed by atoms with E-state index >= 15 is 0 Å². The van der Waals surface area contributed by atoms with Crippen LogP contribution in [0.3, 0.4) is 0 Å². The van der Waals surface area contributed by atoms with Crippen molar-refractivity contribution in [3.05, 3.63) is 52.4 Å². The molecule has 0 spiro atoms. The van der Waals surface area contributed by atoms with Gasteiger partial charge in [0.05, 0.1) is 12.2 Å². The first-order chi connectivity index (χ1) is 15.9. The van der Waals surface area contributed by atoms with E-state index in [1.54, 1.807) is 0 Å². The van der Waals surface area contributed by atoms with E-state index in [2.05, 4.69) is 10.3 Å². The van der Waals surface area contributed by atoms with Crippen LogP contribution in [-0.2, 0) is 30.5 Å². The third-order valence-corrected chi connectivity index (χ3v) is 5.75. The summed E-state index contributed by atoms with van der Waals surface area (Å²) in [5.74, 6) is -6.09. The lowest BCUT2D eigenvalue weighted by molar-refractivity contribution is -0.148. The Morgan fingerprint density at radius 3 is 2.44 bits per heavy atom. The molecular weight excluding hydrogens is 468 g/mol. The van der Waals surface area contributed by atoms with Gasteiger partial charge < -0.3 is 20.5 Å². The Morgan fingerprint density at radius 1 is 1.12 bits per heavy atom. The van der Waals surface area contributed by atoms with Gasteiger partial charge in [-0.15, -0.1) is 0 Å². The molecule has 1 aromatic carbocycles. The van der Waals surface area contributed by atoms with Crippen LogP contribution in [0.1, 0.15) is 46.8 Å². The molecule has 0 bridgehead atoms. The number of carbonyl (C=O) groups excluding carboxylic acids is 2. The topological polar surface area (TPSA) is 93.2 Å². The second-order valence-electron chi connectivity index (χ2n) is 8.47. The number of rotatable bonds is 6. The molecule has 1 atom stereocenters. The number of amides is 2. The summed E-state index contributed by atoms with van der Waals surface area (Å²) in [6, 6.07) is -0.00716. The Morgan fingerprint density at radius 2 is 1.79 bits per heavy atom. The van der Waals surface area contributed by atoms with Crippen LogP contribution in [0.4, 0.5) is 26.3 Å². The zero-order chi connectivity index (χ0) is 24.8. The monoisotopic (exact) mass is 489 g/mol. The molecular formula is C21H21F6N5O2. The molecule has 2 aromatic rings. The first-order valence-corrected chi connectivity index (χ1v) is 10.6. The predicted molar refractivity (Wildman–Crippen MR) is 106 cm³/mol. The molecule has 7 nitrogen and oxygen atoms in total. The van der Waals surface area contributed by atoms with Gasteiger partial charge in [-0.05, 0) is 30.9 Å². The number of hydrogen-bond donors (Lipinski definition) is 2. The number of carbonyl (C=O) groups is 2. The molecule has 1 saturated carbocycles. The van der Waals surface area contributed by atoms with Gasteiger partial charge >= 0.3 is 6.18 Å². The number of imidazole rings is 1. The van der Waals surface area contributed by atoms with E-state index in [0.29, 0.717) is 12.1 Å². The van der Waals surface area contributed by atoms with Gasteiger partial charge in [-0.1, -0.05) is 0 Å². The van der Waals surface area contributed by atoms with Gasteiger partial charge in [-0.2, -0.15) is 13.2 Å². The maximum absolute atomic E-state index is 13.9. The lowest BCUT2D eigenvalue weighted by Crippen LogP contribution is -2.42. The van der Waals surface area contributed by atoms with Gasteiger partial charge in [-0.3, -0.25) is 9.59 Å². The molecule has 13 heteroatoms. The molecule has 1 aliphatic carbocycles. The summed E-state index contributed by atoms with van der Waals surface area (Å²) in [5, 5.41) is 2.60. The van der Waals surface area contributed by atoms with Crippen molar-refractivity contribution in [2.24, 2.45) is 5.73 Å². The Labute approximate surface area is 189 Å². The van der Waals surface area contributed by atoms with Gasteiger partial charge in [0.25, 0.3) is 5.91 Å². The Balaban J connectivity index is 1.48. The molecule has 2 aliphatic rings. The van der Waals surface area contributed by atoms with Crippen LogP contribution in [0.5, 0.6) is 0 Å². The summed E-state index contributed by atoms with van der Waals surface area (Å²) in [6.45, 7) is -0.602. The van der Waals surface area contributed by atoms with E-state index in [9.17, 15) is 35.9 Å². The summed E-state index contributed by atoms with van der Waals surface area (Å²) in [7, 11) is 0. The highest BCUT2D eigenvalue weighted by Gasteiger charge is 2.42. The van der Waals surface area contributed by atoms with Crippen molar-refractivity contribution < 1.29 is 35.9 Å². The SMILES string of the molecule is N[C@@H](CC(=O)N1CCn2c(C(F)(F)F)nc(C(=O)NC3CC3)c2C1)Cc1cc(F)c(F)cc1F. The second kappa shape index (κ2) is 8.93. The van der Waals surface area contributed by atoms with E-state index in [1.165, 1.54) is 4.90 Å².